The standard InChI is InChI=1S/C14H11Cl2N3/c1-8-4-3-5-10(6-8)12-13(15)17-11-7-9(2)18-19(11)14(12)16/h3-7H,1-2H3. The molecule has 0 fully saturated rings. The van der Waals surface area contributed by atoms with E-state index in [0.717, 1.165) is 16.8 Å². The molecule has 0 aliphatic rings. The van der Waals surface area contributed by atoms with Crippen molar-refractivity contribution in [1.29, 1.82) is 0 Å². The number of hydrogen-bond acceptors (Lipinski definition) is 2. The van der Waals surface area contributed by atoms with Crippen LogP contribution in [0.5, 0.6) is 0 Å². The Bertz CT molecular complexity index is 778. The van der Waals surface area contributed by atoms with Crippen LogP contribution in [0.15, 0.2) is 30.3 Å². The maximum absolute atomic E-state index is 6.42. The van der Waals surface area contributed by atoms with Gasteiger partial charge in [0, 0.05) is 6.07 Å². The van der Waals surface area contributed by atoms with Crippen LogP contribution < -0.4 is 0 Å². The first kappa shape index (κ1) is 12.5. The highest BCUT2D eigenvalue weighted by Gasteiger charge is 2.15. The van der Waals surface area contributed by atoms with Crippen LogP contribution in [0, 0.1) is 13.8 Å². The first-order valence-corrected chi connectivity index (χ1v) is 6.60. The molecule has 0 radical (unpaired) electrons. The monoisotopic (exact) mass is 291 g/mol. The van der Waals surface area contributed by atoms with Crippen molar-refractivity contribution in [3.8, 4) is 11.1 Å². The van der Waals surface area contributed by atoms with Gasteiger partial charge < -0.3 is 0 Å². The van der Waals surface area contributed by atoms with Gasteiger partial charge in [-0.2, -0.15) is 5.10 Å². The third-order valence-corrected chi connectivity index (χ3v) is 3.55. The summed E-state index contributed by atoms with van der Waals surface area (Å²) in [6, 6.07) is 9.82. The Morgan fingerprint density at radius 3 is 2.63 bits per heavy atom. The normalized spacial score (nSPS) is 11.2. The summed E-state index contributed by atoms with van der Waals surface area (Å²) < 4.78 is 1.61. The van der Waals surface area contributed by atoms with E-state index >= 15 is 0 Å². The van der Waals surface area contributed by atoms with Gasteiger partial charge >= 0.3 is 0 Å². The van der Waals surface area contributed by atoms with Crippen LogP contribution in [0.1, 0.15) is 11.3 Å². The van der Waals surface area contributed by atoms with Gasteiger partial charge in [0.25, 0.3) is 0 Å². The average molecular weight is 292 g/mol. The van der Waals surface area contributed by atoms with Crippen LogP contribution in [0.2, 0.25) is 10.3 Å². The topological polar surface area (TPSA) is 30.2 Å². The third kappa shape index (κ3) is 2.09. The summed E-state index contributed by atoms with van der Waals surface area (Å²) in [5.74, 6) is 0. The van der Waals surface area contributed by atoms with Gasteiger partial charge in [0.05, 0.1) is 11.3 Å². The molecular weight excluding hydrogens is 281 g/mol. The van der Waals surface area contributed by atoms with E-state index in [4.69, 9.17) is 23.2 Å². The van der Waals surface area contributed by atoms with Crippen LogP contribution >= 0.6 is 23.2 Å². The number of fused-ring (bicyclic) bond motifs is 1. The molecule has 3 nitrogen and oxygen atoms in total. The summed E-state index contributed by atoms with van der Waals surface area (Å²) in [6.07, 6.45) is 0. The SMILES string of the molecule is Cc1cccc(-c2c(Cl)nc3cc(C)nn3c2Cl)c1. The number of benzene rings is 1. The molecule has 0 spiro atoms. The number of nitrogens with zero attached hydrogens (tertiary/aromatic N) is 3. The highest BCUT2D eigenvalue weighted by molar-refractivity contribution is 6.38. The minimum atomic E-state index is 0.392. The molecular formula is C14H11Cl2N3. The quantitative estimate of drug-likeness (QED) is 0.625. The Hall–Kier alpha value is -1.58. The number of aromatic nitrogens is 3. The van der Waals surface area contributed by atoms with Crippen molar-refractivity contribution in [1.82, 2.24) is 14.6 Å². The predicted octanol–water partition coefficient (Wildman–Crippen LogP) is 4.32. The zero-order valence-electron chi connectivity index (χ0n) is 10.5. The molecule has 1 aromatic carbocycles. The highest BCUT2D eigenvalue weighted by atomic mass is 35.5. The molecule has 0 N–H and O–H groups in total. The van der Waals surface area contributed by atoms with Crippen molar-refractivity contribution < 1.29 is 0 Å². The summed E-state index contributed by atoms with van der Waals surface area (Å²) in [6.45, 7) is 3.92. The van der Waals surface area contributed by atoms with Gasteiger partial charge in [-0.1, -0.05) is 53.0 Å². The molecule has 0 aliphatic heterocycles. The maximum atomic E-state index is 6.42. The number of halogens is 2. The van der Waals surface area contributed by atoms with Crippen molar-refractivity contribution in [2.45, 2.75) is 13.8 Å². The van der Waals surface area contributed by atoms with Crippen molar-refractivity contribution in [3.05, 3.63) is 51.9 Å². The lowest BCUT2D eigenvalue weighted by molar-refractivity contribution is 0.919. The first-order valence-electron chi connectivity index (χ1n) is 5.84. The second-order valence-corrected chi connectivity index (χ2v) is 5.21. The van der Waals surface area contributed by atoms with Crippen LogP contribution in [0.25, 0.3) is 16.8 Å². The Kier molecular flexibility index (Phi) is 2.96. The molecule has 0 atom stereocenters. The molecule has 2 aromatic heterocycles. The first-order chi connectivity index (χ1) is 9.06. The Morgan fingerprint density at radius 2 is 1.89 bits per heavy atom. The largest absolute Gasteiger partial charge is 0.216 e. The lowest BCUT2D eigenvalue weighted by atomic mass is 10.1. The number of hydrogen-bond donors (Lipinski definition) is 0. The summed E-state index contributed by atoms with van der Waals surface area (Å²) in [7, 11) is 0. The molecule has 3 aromatic rings. The molecule has 96 valence electrons. The lowest BCUT2D eigenvalue weighted by Crippen LogP contribution is -1.97. The zero-order chi connectivity index (χ0) is 13.6. The fourth-order valence-corrected chi connectivity index (χ4v) is 2.75. The van der Waals surface area contributed by atoms with Gasteiger partial charge in [0.1, 0.15) is 10.3 Å². The Labute approximate surface area is 120 Å². The number of rotatable bonds is 1. The van der Waals surface area contributed by atoms with Gasteiger partial charge in [0.2, 0.25) is 0 Å². The molecule has 0 bridgehead atoms. The zero-order valence-corrected chi connectivity index (χ0v) is 12.0. The van der Waals surface area contributed by atoms with Gasteiger partial charge in [-0.3, -0.25) is 0 Å². The van der Waals surface area contributed by atoms with Crippen LogP contribution in [-0.2, 0) is 0 Å². The lowest BCUT2D eigenvalue weighted by Gasteiger charge is -2.08. The highest BCUT2D eigenvalue weighted by Crippen LogP contribution is 2.34. The maximum Gasteiger partial charge on any atom is 0.158 e. The van der Waals surface area contributed by atoms with E-state index in [1.807, 2.05) is 44.2 Å². The molecule has 0 saturated heterocycles. The summed E-state index contributed by atoms with van der Waals surface area (Å²) in [4.78, 5) is 4.34. The van der Waals surface area contributed by atoms with Crippen LogP contribution in [-0.4, -0.2) is 14.6 Å². The van der Waals surface area contributed by atoms with E-state index in [-0.39, 0.29) is 0 Å². The minimum Gasteiger partial charge on any atom is -0.216 e. The summed E-state index contributed by atoms with van der Waals surface area (Å²) in [5, 5.41) is 5.20. The van der Waals surface area contributed by atoms with E-state index in [0.29, 0.717) is 21.5 Å². The van der Waals surface area contributed by atoms with Crippen molar-refractivity contribution >= 4 is 28.8 Å². The summed E-state index contributed by atoms with van der Waals surface area (Å²) >= 11 is 12.7. The fraction of sp³-hybridized carbons (Fsp3) is 0.143. The van der Waals surface area contributed by atoms with E-state index in [1.54, 1.807) is 4.52 Å². The Morgan fingerprint density at radius 1 is 1.11 bits per heavy atom. The summed E-state index contributed by atoms with van der Waals surface area (Å²) in [5.41, 5.74) is 4.30. The second-order valence-electron chi connectivity index (χ2n) is 4.49. The molecule has 19 heavy (non-hydrogen) atoms. The van der Waals surface area contributed by atoms with E-state index < -0.39 is 0 Å². The minimum absolute atomic E-state index is 0.392. The average Bonchev–Trinajstić information content (AvgIpc) is 2.70. The van der Waals surface area contributed by atoms with Crippen molar-refractivity contribution in [2.24, 2.45) is 0 Å². The molecule has 0 amide bonds. The molecule has 2 heterocycles. The van der Waals surface area contributed by atoms with Gasteiger partial charge in [0.15, 0.2) is 5.65 Å². The molecule has 0 saturated carbocycles. The van der Waals surface area contributed by atoms with Gasteiger partial charge in [-0.15, -0.1) is 0 Å². The molecule has 0 aliphatic carbocycles. The van der Waals surface area contributed by atoms with Crippen LogP contribution in [0.4, 0.5) is 0 Å². The van der Waals surface area contributed by atoms with E-state index in [2.05, 4.69) is 10.1 Å². The van der Waals surface area contributed by atoms with Crippen molar-refractivity contribution in [2.75, 3.05) is 0 Å². The van der Waals surface area contributed by atoms with Crippen molar-refractivity contribution in [3.63, 3.8) is 0 Å². The number of aryl methyl sites for hydroxylation is 2. The predicted molar refractivity (Wildman–Crippen MR) is 77.9 cm³/mol. The molecule has 5 heteroatoms. The van der Waals surface area contributed by atoms with Gasteiger partial charge in [-0.25, -0.2) is 9.50 Å². The van der Waals surface area contributed by atoms with E-state index in [9.17, 15) is 0 Å². The van der Waals surface area contributed by atoms with Crippen LogP contribution in [0.3, 0.4) is 0 Å². The van der Waals surface area contributed by atoms with E-state index in [1.165, 1.54) is 0 Å². The molecule has 3 rings (SSSR count). The second kappa shape index (κ2) is 4.51. The smallest absolute Gasteiger partial charge is 0.158 e. The Balaban J connectivity index is 2.34. The van der Waals surface area contributed by atoms with Gasteiger partial charge in [-0.05, 0) is 19.4 Å². The molecule has 0 unspecified atom stereocenters. The fourth-order valence-electron chi connectivity index (χ4n) is 2.10. The third-order valence-electron chi connectivity index (χ3n) is 2.93.